The third kappa shape index (κ3) is 3.17. The van der Waals surface area contributed by atoms with Crippen molar-refractivity contribution in [2.75, 3.05) is 11.9 Å². The zero-order valence-electron chi connectivity index (χ0n) is 12.0. The summed E-state index contributed by atoms with van der Waals surface area (Å²) in [5.41, 5.74) is 1.12. The molecule has 108 valence electrons. The smallest absolute Gasteiger partial charge is 0.138 e. The van der Waals surface area contributed by atoms with E-state index >= 15 is 0 Å². The highest BCUT2D eigenvalue weighted by atomic mass is 35.5. The van der Waals surface area contributed by atoms with Gasteiger partial charge in [0.25, 0.3) is 0 Å². The minimum atomic E-state index is 0.686. The molecular formula is C16H16ClN3S. The average molecular weight is 318 g/mol. The lowest BCUT2D eigenvalue weighted by Crippen LogP contribution is -2.04. The molecule has 1 aromatic carbocycles. The molecule has 3 aromatic rings. The highest BCUT2D eigenvalue weighted by molar-refractivity contribution is 7.18. The number of benzene rings is 1. The molecule has 3 rings (SSSR count). The molecule has 0 radical (unpaired) electrons. The van der Waals surface area contributed by atoms with Crippen molar-refractivity contribution in [2.45, 2.75) is 20.3 Å². The summed E-state index contributed by atoms with van der Waals surface area (Å²) < 4.78 is 0. The van der Waals surface area contributed by atoms with Crippen LogP contribution >= 0.6 is 22.9 Å². The second kappa shape index (κ2) is 6.00. The summed E-state index contributed by atoms with van der Waals surface area (Å²) >= 11 is 7.74. The van der Waals surface area contributed by atoms with Crippen molar-refractivity contribution in [2.24, 2.45) is 0 Å². The zero-order chi connectivity index (χ0) is 14.8. The zero-order valence-corrected chi connectivity index (χ0v) is 13.6. The fourth-order valence-corrected chi connectivity index (χ4v) is 3.41. The lowest BCUT2D eigenvalue weighted by Gasteiger charge is -2.07. The molecule has 3 nitrogen and oxygen atoms in total. The Morgan fingerprint density at radius 1 is 1.24 bits per heavy atom. The number of nitrogens with one attached hydrogen (secondary N) is 1. The van der Waals surface area contributed by atoms with Crippen LogP contribution in [0.25, 0.3) is 10.2 Å². The molecule has 0 saturated heterocycles. The molecule has 0 atom stereocenters. The third-order valence-electron chi connectivity index (χ3n) is 3.16. The molecule has 5 heteroatoms. The minimum absolute atomic E-state index is 0.686. The molecular weight excluding hydrogens is 302 g/mol. The molecule has 21 heavy (non-hydrogen) atoms. The summed E-state index contributed by atoms with van der Waals surface area (Å²) in [5.74, 6) is 1.74. The maximum Gasteiger partial charge on any atom is 0.138 e. The topological polar surface area (TPSA) is 37.8 Å². The summed E-state index contributed by atoms with van der Waals surface area (Å²) in [6.45, 7) is 5.01. The highest BCUT2D eigenvalue weighted by Crippen LogP contribution is 2.29. The van der Waals surface area contributed by atoms with Gasteiger partial charge in [0.15, 0.2) is 0 Å². The largest absolute Gasteiger partial charge is 0.370 e. The van der Waals surface area contributed by atoms with Crippen LogP contribution in [0.3, 0.4) is 0 Å². The first-order chi connectivity index (χ1) is 10.2. The van der Waals surface area contributed by atoms with Gasteiger partial charge in [0.1, 0.15) is 16.5 Å². The van der Waals surface area contributed by atoms with Gasteiger partial charge in [-0.25, -0.2) is 9.97 Å². The van der Waals surface area contributed by atoms with Crippen LogP contribution in [0.2, 0.25) is 5.02 Å². The standard InChI is InChI=1S/C16H16ClN3S/c1-3-18-15-13-7-10(2)21-16(13)20-14(19-15)9-11-5-4-6-12(17)8-11/h4-8H,3,9H2,1-2H3,(H,18,19,20). The van der Waals surface area contributed by atoms with Crippen LogP contribution in [0.15, 0.2) is 30.3 Å². The fourth-order valence-electron chi connectivity index (χ4n) is 2.30. The van der Waals surface area contributed by atoms with Gasteiger partial charge in [-0.05, 0) is 37.6 Å². The van der Waals surface area contributed by atoms with Crippen LogP contribution in [0, 0.1) is 6.92 Å². The molecule has 0 aliphatic heterocycles. The Balaban J connectivity index is 2.02. The van der Waals surface area contributed by atoms with E-state index in [2.05, 4.69) is 35.2 Å². The predicted molar refractivity (Wildman–Crippen MR) is 90.6 cm³/mol. The van der Waals surface area contributed by atoms with Gasteiger partial charge >= 0.3 is 0 Å². The molecule has 0 spiro atoms. The Hall–Kier alpha value is -1.65. The van der Waals surface area contributed by atoms with Crippen molar-refractivity contribution in [1.29, 1.82) is 0 Å². The summed E-state index contributed by atoms with van der Waals surface area (Å²) in [6.07, 6.45) is 0.686. The van der Waals surface area contributed by atoms with Gasteiger partial charge in [0, 0.05) is 22.9 Å². The van der Waals surface area contributed by atoms with E-state index in [0.717, 1.165) is 39.0 Å². The number of aryl methyl sites for hydroxylation is 1. The first kappa shape index (κ1) is 14.3. The van der Waals surface area contributed by atoms with E-state index in [0.29, 0.717) is 6.42 Å². The molecule has 2 aromatic heterocycles. The van der Waals surface area contributed by atoms with Gasteiger partial charge < -0.3 is 5.32 Å². The van der Waals surface area contributed by atoms with Gasteiger partial charge in [-0.2, -0.15) is 0 Å². The molecule has 0 aliphatic rings. The van der Waals surface area contributed by atoms with Crippen LogP contribution in [-0.4, -0.2) is 16.5 Å². The SMILES string of the molecule is CCNc1nc(Cc2cccc(Cl)c2)nc2sc(C)cc12. The van der Waals surface area contributed by atoms with E-state index in [4.69, 9.17) is 11.6 Å². The lowest BCUT2D eigenvalue weighted by molar-refractivity contribution is 0.990. The van der Waals surface area contributed by atoms with Crippen LogP contribution in [0.1, 0.15) is 23.2 Å². The molecule has 0 aliphatic carbocycles. The monoisotopic (exact) mass is 317 g/mol. The molecule has 0 bridgehead atoms. The van der Waals surface area contributed by atoms with E-state index in [1.165, 1.54) is 4.88 Å². The number of fused-ring (bicyclic) bond motifs is 1. The number of thiophene rings is 1. The van der Waals surface area contributed by atoms with E-state index in [1.807, 2.05) is 24.3 Å². The van der Waals surface area contributed by atoms with Crippen molar-refractivity contribution in [1.82, 2.24) is 9.97 Å². The molecule has 0 amide bonds. The maximum atomic E-state index is 6.04. The first-order valence-corrected chi connectivity index (χ1v) is 8.10. The molecule has 0 fully saturated rings. The normalized spacial score (nSPS) is 11.0. The van der Waals surface area contributed by atoms with Gasteiger partial charge in [-0.15, -0.1) is 11.3 Å². The quantitative estimate of drug-likeness (QED) is 0.759. The minimum Gasteiger partial charge on any atom is -0.370 e. The fraction of sp³-hybridized carbons (Fsp3) is 0.250. The second-order valence-corrected chi connectivity index (χ2v) is 6.57. The van der Waals surface area contributed by atoms with Crippen LogP contribution in [-0.2, 0) is 6.42 Å². The summed E-state index contributed by atoms with van der Waals surface area (Å²) in [4.78, 5) is 11.6. The second-order valence-electron chi connectivity index (χ2n) is 4.90. The van der Waals surface area contributed by atoms with E-state index < -0.39 is 0 Å². The number of rotatable bonds is 4. The van der Waals surface area contributed by atoms with E-state index in [1.54, 1.807) is 11.3 Å². The van der Waals surface area contributed by atoms with Crippen molar-refractivity contribution in [3.63, 3.8) is 0 Å². The Morgan fingerprint density at radius 3 is 2.86 bits per heavy atom. The first-order valence-electron chi connectivity index (χ1n) is 6.91. The number of hydrogen-bond acceptors (Lipinski definition) is 4. The lowest BCUT2D eigenvalue weighted by atomic mass is 10.1. The van der Waals surface area contributed by atoms with Gasteiger partial charge in [0.2, 0.25) is 0 Å². The molecule has 2 heterocycles. The summed E-state index contributed by atoms with van der Waals surface area (Å²) in [6, 6.07) is 9.98. The van der Waals surface area contributed by atoms with E-state index in [9.17, 15) is 0 Å². The summed E-state index contributed by atoms with van der Waals surface area (Å²) in [5, 5.41) is 5.18. The number of hydrogen-bond donors (Lipinski definition) is 1. The van der Waals surface area contributed by atoms with Crippen LogP contribution < -0.4 is 5.32 Å². The van der Waals surface area contributed by atoms with Crippen LogP contribution in [0.5, 0.6) is 0 Å². The number of aromatic nitrogens is 2. The third-order valence-corrected chi connectivity index (χ3v) is 4.34. The Morgan fingerprint density at radius 2 is 2.10 bits per heavy atom. The molecule has 1 N–H and O–H groups in total. The Kier molecular flexibility index (Phi) is 4.08. The molecule has 0 unspecified atom stereocenters. The van der Waals surface area contributed by atoms with Crippen LogP contribution in [0.4, 0.5) is 5.82 Å². The van der Waals surface area contributed by atoms with Crippen molar-refractivity contribution in [3.8, 4) is 0 Å². The average Bonchev–Trinajstić information content (AvgIpc) is 2.80. The van der Waals surface area contributed by atoms with Crippen molar-refractivity contribution >= 4 is 39.0 Å². The maximum absolute atomic E-state index is 6.04. The Labute approximate surface area is 133 Å². The number of nitrogens with zero attached hydrogens (tertiary/aromatic N) is 2. The van der Waals surface area contributed by atoms with Gasteiger partial charge in [-0.1, -0.05) is 23.7 Å². The number of halogens is 1. The molecule has 0 saturated carbocycles. The summed E-state index contributed by atoms with van der Waals surface area (Å²) in [7, 11) is 0. The van der Waals surface area contributed by atoms with Gasteiger partial charge in [0.05, 0.1) is 5.39 Å². The highest BCUT2D eigenvalue weighted by Gasteiger charge is 2.10. The predicted octanol–water partition coefficient (Wildman–Crippen LogP) is 4.68. The number of anilines is 1. The van der Waals surface area contributed by atoms with Crippen molar-refractivity contribution < 1.29 is 0 Å². The van der Waals surface area contributed by atoms with E-state index in [-0.39, 0.29) is 0 Å². The Bertz CT molecular complexity index is 782. The van der Waals surface area contributed by atoms with Gasteiger partial charge in [-0.3, -0.25) is 0 Å². The van der Waals surface area contributed by atoms with Crippen molar-refractivity contribution in [3.05, 3.63) is 51.6 Å².